The van der Waals surface area contributed by atoms with E-state index in [-0.39, 0.29) is 28.3 Å². The summed E-state index contributed by atoms with van der Waals surface area (Å²) >= 11 is 0. The van der Waals surface area contributed by atoms with Crippen molar-refractivity contribution in [2.45, 2.75) is 36.5 Å². The van der Waals surface area contributed by atoms with Crippen LogP contribution in [0, 0.1) is 0 Å². The first-order valence-corrected chi connectivity index (χ1v) is 18.8. The van der Waals surface area contributed by atoms with E-state index < -0.39 is 19.9 Å². The highest BCUT2D eigenvalue weighted by molar-refractivity contribution is 7.92. The van der Waals surface area contributed by atoms with Crippen molar-refractivity contribution in [1.82, 2.24) is 15.5 Å². The van der Waals surface area contributed by atoms with Crippen molar-refractivity contribution in [3.05, 3.63) is 120 Å². The summed E-state index contributed by atoms with van der Waals surface area (Å²) in [5.41, 5.74) is 3.97. The van der Waals surface area contributed by atoms with E-state index in [1.165, 1.54) is 0 Å². The topological polar surface area (TPSA) is 150 Å². The number of rotatable bonds is 16. The van der Waals surface area contributed by atoms with Gasteiger partial charge in [-0.15, -0.1) is 0 Å². The monoisotopic (exact) mass is 690 g/mol. The van der Waals surface area contributed by atoms with Gasteiger partial charge in [0.05, 0.1) is 23.9 Å². The zero-order valence-corrected chi connectivity index (χ0v) is 28.6. The second kappa shape index (κ2) is 15.5. The molecule has 0 aliphatic heterocycles. The van der Waals surface area contributed by atoms with Gasteiger partial charge in [0.25, 0.3) is 5.89 Å². The van der Waals surface area contributed by atoms with Gasteiger partial charge in [-0.2, -0.15) is 4.98 Å². The fraction of sp³-hybridized carbons (Fsp3) is 0.257. The van der Waals surface area contributed by atoms with Crippen LogP contribution in [-0.4, -0.2) is 53.4 Å². The number of hydrogen-bond acceptors (Lipinski definition) is 10. The molecule has 2 N–H and O–H groups in total. The number of aromatic nitrogens is 2. The second-order valence-corrected chi connectivity index (χ2v) is 15.1. The van der Waals surface area contributed by atoms with Crippen LogP contribution in [0.2, 0.25) is 0 Å². The summed E-state index contributed by atoms with van der Waals surface area (Å²) in [5, 5.41) is 7.29. The van der Waals surface area contributed by atoms with Crippen LogP contribution in [0.25, 0.3) is 11.5 Å². The van der Waals surface area contributed by atoms with Crippen molar-refractivity contribution in [3.8, 4) is 23.0 Å². The first-order chi connectivity index (χ1) is 23.0. The van der Waals surface area contributed by atoms with Crippen molar-refractivity contribution >= 4 is 25.5 Å². The highest BCUT2D eigenvalue weighted by Crippen LogP contribution is 2.30. The predicted molar refractivity (Wildman–Crippen MR) is 184 cm³/mol. The summed E-state index contributed by atoms with van der Waals surface area (Å²) in [5.74, 6) is 1.15. The Balaban J connectivity index is 1.12. The van der Waals surface area contributed by atoms with Crippen molar-refractivity contribution < 1.29 is 30.8 Å². The maximum atomic E-state index is 13.0. The minimum atomic E-state index is -3.69. The Labute approximate surface area is 281 Å². The molecule has 0 radical (unpaired) electrons. The number of nitrogens with zero attached hydrogens (tertiary/aromatic N) is 2. The standard InChI is InChI=1S/C35H38N4O7S2/c1-25(29-13-18-33(32(21-29)39-47(3,40)41)45-23-27-7-5-4-6-8-27)22-36-20-19-26-9-16-31(17-10-26)48(42,43)24-34-37-35(46-38-34)28-11-14-30(44-2)15-12-28/h4-18,21,25,36,39H,19-20,22-24H2,1-3H3/t25-/m0/s1. The molecule has 1 atom stereocenters. The van der Waals surface area contributed by atoms with Crippen LogP contribution in [0.5, 0.6) is 11.5 Å². The third-order valence-corrected chi connectivity index (χ3v) is 9.77. The lowest BCUT2D eigenvalue weighted by atomic mass is 10.00. The molecule has 4 aromatic carbocycles. The van der Waals surface area contributed by atoms with Gasteiger partial charge >= 0.3 is 0 Å². The smallest absolute Gasteiger partial charge is 0.257 e. The number of sulfonamides is 1. The van der Waals surface area contributed by atoms with Crippen LogP contribution in [0.1, 0.15) is 35.4 Å². The molecule has 13 heteroatoms. The van der Waals surface area contributed by atoms with Crippen LogP contribution >= 0.6 is 0 Å². The Kier molecular flexibility index (Phi) is 11.1. The summed E-state index contributed by atoms with van der Waals surface area (Å²) in [6.45, 7) is 3.69. The Morgan fingerprint density at radius 2 is 1.60 bits per heavy atom. The highest BCUT2D eigenvalue weighted by Gasteiger charge is 2.20. The van der Waals surface area contributed by atoms with Gasteiger partial charge in [0.2, 0.25) is 10.0 Å². The first-order valence-electron chi connectivity index (χ1n) is 15.3. The lowest BCUT2D eigenvalue weighted by molar-refractivity contribution is 0.308. The summed E-state index contributed by atoms with van der Waals surface area (Å²) in [6.07, 6.45) is 1.80. The van der Waals surface area contributed by atoms with E-state index in [4.69, 9.17) is 14.0 Å². The number of ether oxygens (including phenoxy) is 2. The maximum Gasteiger partial charge on any atom is 0.257 e. The van der Waals surface area contributed by atoms with E-state index >= 15 is 0 Å². The van der Waals surface area contributed by atoms with Gasteiger partial charge < -0.3 is 19.3 Å². The normalized spacial score (nSPS) is 12.4. The number of benzene rings is 4. The van der Waals surface area contributed by atoms with Crippen molar-refractivity contribution in [2.75, 3.05) is 31.2 Å². The minimum Gasteiger partial charge on any atom is -0.497 e. The number of methoxy groups -OCH3 is 1. The molecule has 5 rings (SSSR count). The quantitative estimate of drug-likeness (QED) is 0.125. The molecule has 0 aliphatic rings. The predicted octanol–water partition coefficient (Wildman–Crippen LogP) is 5.61. The average molecular weight is 691 g/mol. The van der Waals surface area contributed by atoms with Crippen LogP contribution < -0.4 is 19.5 Å². The van der Waals surface area contributed by atoms with Gasteiger partial charge in [-0.05, 0) is 84.1 Å². The molecule has 0 aliphatic carbocycles. The number of sulfone groups is 1. The van der Waals surface area contributed by atoms with Crippen LogP contribution in [-0.2, 0) is 38.6 Å². The molecule has 48 heavy (non-hydrogen) atoms. The van der Waals surface area contributed by atoms with Gasteiger partial charge in [0.15, 0.2) is 15.7 Å². The van der Waals surface area contributed by atoms with E-state index in [2.05, 4.69) is 27.1 Å². The van der Waals surface area contributed by atoms with Crippen LogP contribution in [0.4, 0.5) is 5.69 Å². The van der Waals surface area contributed by atoms with Crippen molar-refractivity contribution in [3.63, 3.8) is 0 Å². The number of nitrogens with one attached hydrogen (secondary N) is 2. The summed E-state index contributed by atoms with van der Waals surface area (Å²) in [6, 6.07) is 29.0. The zero-order valence-electron chi connectivity index (χ0n) is 26.9. The van der Waals surface area contributed by atoms with Gasteiger partial charge in [0, 0.05) is 12.1 Å². The second-order valence-electron chi connectivity index (χ2n) is 11.4. The first kappa shape index (κ1) is 34.6. The summed E-state index contributed by atoms with van der Waals surface area (Å²) < 4.78 is 69.1. The molecular formula is C35H38N4O7S2. The van der Waals surface area contributed by atoms with Crippen molar-refractivity contribution in [1.29, 1.82) is 0 Å². The molecule has 0 unspecified atom stereocenters. The third kappa shape index (κ3) is 9.66. The molecule has 0 spiro atoms. The molecule has 0 saturated carbocycles. The molecule has 0 fully saturated rings. The lowest BCUT2D eigenvalue weighted by Gasteiger charge is -2.18. The van der Waals surface area contributed by atoms with E-state index in [1.807, 2.05) is 36.4 Å². The Morgan fingerprint density at radius 3 is 2.29 bits per heavy atom. The van der Waals surface area contributed by atoms with Gasteiger partial charge in [-0.1, -0.05) is 60.6 Å². The molecular weight excluding hydrogens is 653 g/mol. The van der Waals surface area contributed by atoms with E-state index in [9.17, 15) is 16.8 Å². The zero-order chi connectivity index (χ0) is 34.1. The molecule has 1 aromatic heterocycles. The summed E-state index contributed by atoms with van der Waals surface area (Å²) in [4.78, 5) is 4.43. The molecule has 5 aromatic rings. The van der Waals surface area contributed by atoms with Gasteiger partial charge in [-0.3, -0.25) is 4.72 Å². The van der Waals surface area contributed by atoms with Crippen LogP contribution in [0.15, 0.2) is 106 Å². The Bertz CT molecular complexity index is 2020. The molecule has 0 saturated heterocycles. The van der Waals surface area contributed by atoms with Gasteiger partial charge in [0.1, 0.15) is 23.9 Å². The Morgan fingerprint density at radius 1 is 0.875 bits per heavy atom. The molecule has 0 amide bonds. The fourth-order valence-corrected chi connectivity index (χ4v) is 6.68. The average Bonchev–Trinajstić information content (AvgIpc) is 3.53. The molecule has 252 valence electrons. The molecule has 1 heterocycles. The largest absolute Gasteiger partial charge is 0.497 e. The fourth-order valence-electron chi connectivity index (χ4n) is 4.94. The van der Waals surface area contributed by atoms with Crippen LogP contribution in [0.3, 0.4) is 0 Å². The Hall–Kier alpha value is -4.72. The van der Waals surface area contributed by atoms with Gasteiger partial charge in [-0.25, -0.2) is 16.8 Å². The van der Waals surface area contributed by atoms with E-state index in [0.717, 1.165) is 22.9 Å². The number of hydrogen-bond donors (Lipinski definition) is 2. The summed E-state index contributed by atoms with van der Waals surface area (Å²) in [7, 11) is -5.63. The SMILES string of the molecule is COc1ccc(-c2nc(CS(=O)(=O)c3ccc(CCNC[C@H](C)c4ccc(OCc5ccccc5)c(NS(C)(=O)=O)c4)cc3)no2)cc1. The molecule has 0 bridgehead atoms. The van der Waals surface area contributed by atoms with E-state index in [0.29, 0.717) is 48.9 Å². The minimum absolute atomic E-state index is 0.0798. The number of anilines is 1. The third-order valence-electron chi connectivity index (χ3n) is 7.55. The van der Waals surface area contributed by atoms with Crippen molar-refractivity contribution in [2.24, 2.45) is 0 Å². The molecule has 11 nitrogen and oxygen atoms in total. The van der Waals surface area contributed by atoms with E-state index in [1.54, 1.807) is 67.8 Å². The highest BCUT2D eigenvalue weighted by atomic mass is 32.2. The maximum absolute atomic E-state index is 13.0. The lowest BCUT2D eigenvalue weighted by Crippen LogP contribution is -2.22.